The summed E-state index contributed by atoms with van der Waals surface area (Å²) < 4.78 is 5.07. The molecule has 1 amide bonds. The minimum atomic E-state index is -0.0492. The highest BCUT2D eigenvalue weighted by Gasteiger charge is 2.06. The highest BCUT2D eigenvalue weighted by atomic mass is 32.2. The molecule has 0 radical (unpaired) electrons. The summed E-state index contributed by atoms with van der Waals surface area (Å²) >= 11 is 1.60. The molecule has 0 fully saturated rings. The minimum Gasteiger partial charge on any atom is -0.497 e. The van der Waals surface area contributed by atoms with Crippen LogP contribution >= 0.6 is 11.8 Å². The van der Waals surface area contributed by atoms with E-state index < -0.39 is 0 Å². The standard InChI is InChI=1S/C14H18N4O2S/c1-20-10-4-5-12(11(15)9-10)18-13(19)3-2-8-21-14-16-6-7-17-14/h4-7,9H,2-3,8,15H2,1H3,(H,16,17)(H,18,19). The fraction of sp³-hybridized carbons (Fsp3) is 0.286. The highest BCUT2D eigenvalue weighted by Crippen LogP contribution is 2.24. The van der Waals surface area contributed by atoms with Gasteiger partial charge in [0.1, 0.15) is 5.75 Å². The first kappa shape index (κ1) is 15.2. The van der Waals surface area contributed by atoms with Crippen LogP contribution in [0.4, 0.5) is 11.4 Å². The summed E-state index contributed by atoms with van der Waals surface area (Å²) in [6.07, 6.45) is 4.70. The van der Waals surface area contributed by atoms with Crippen LogP contribution in [0.3, 0.4) is 0 Å². The lowest BCUT2D eigenvalue weighted by atomic mass is 10.2. The number of carbonyl (C=O) groups excluding carboxylic acids is 1. The number of aromatic amines is 1. The van der Waals surface area contributed by atoms with E-state index in [0.29, 0.717) is 23.5 Å². The van der Waals surface area contributed by atoms with Gasteiger partial charge in [-0.15, -0.1) is 0 Å². The van der Waals surface area contributed by atoms with Crippen molar-refractivity contribution in [2.75, 3.05) is 23.9 Å². The van der Waals surface area contributed by atoms with Crippen LogP contribution in [-0.2, 0) is 4.79 Å². The maximum atomic E-state index is 11.8. The van der Waals surface area contributed by atoms with Crippen LogP contribution < -0.4 is 15.8 Å². The number of nitrogens with two attached hydrogens (primary N) is 1. The number of nitrogens with one attached hydrogen (secondary N) is 2. The van der Waals surface area contributed by atoms with Crippen LogP contribution in [0.2, 0.25) is 0 Å². The van der Waals surface area contributed by atoms with Crippen molar-refractivity contribution in [3.05, 3.63) is 30.6 Å². The topological polar surface area (TPSA) is 93.0 Å². The molecule has 0 spiro atoms. The number of thioether (sulfide) groups is 1. The maximum absolute atomic E-state index is 11.8. The number of hydrogen-bond donors (Lipinski definition) is 3. The molecule has 0 bridgehead atoms. The Hall–Kier alpha value is -2.15. The van der Waals surface area contributed by atoms with E-state index in [9.17, 15) is 4.79 Å². The molecular formula is C14H18N4O2S. The lowest BCUT2D eigenvalue weighted by molar-refractivity contribution is -0.116. The van der Waals surface area contributed by atoms with Gasteiger partial charge in [-0.3, -0.25) is 4.79 Å². The molecule has 6 nitrogen and oxygen atoms in total. The van der Waals surface area contributed by atoms with Gasteiger partial charge in [-0.2, -0.15) is 0 Å². The number of amides is 1. The van der Waals surface area contributed by atoms with E-state index in [-0.39, 0.29) is 5.91 Å². The number of nitrogens with zero attached hydrogens (tertiary/aromatic N) is 1. The molecule has 0 aliphatic heterocycles. The Labute approximate surface area is 127 Å². The zero-order valence-corrected chi connectivity index (χ0v) is 12.6. The lowest BCUT2D eigenvalue weighted by Crippen LogP contribution is -2.12. The first-order chi connectivity index (χ1) is 10.2. The zero-order valence-electron chi connectivity index (χ0n) is 11.8. The van der Waals surface area contributed by atoms with Crippen LogP contribution in [-0.4, -0.2) is 28.7 Å². The molecule has 1 heterocycles. The van der Waals surface area contributed by atoms with Crippen LogP contribution in [0.15, 0.2) is 35.7 Å². The average Bonchev–Trinajstić information content (AvgIpc) is 2.99. The first-order valence-electron chi connectivity index (χ1n) is 6.54. The molecule has 0 aliphatic rings. The Morgan fingerprint density at radius 1 is 1.52 bits per heavy atom. The van der Waals surface area contributed by atoms with E-state index >= 15 is 0 Å². The number of methoxy groups -OCH3 is 1. The monoisotopic (exact) mass is 306 g/mol. The van der Waals surface area contributed by atoms with E-state index in [2.05, 4.69) is 15.3 Å². The summed E-state index contributed by atoms with van der Waals surface area (Å²) in [6.45, 7) is 0. The summed E-state index contributed by atoms with van der Waals surface area (Å²) in [5, 5.41) is 3.67. The molecule has 0 saturated heterocycles. The molecule has 0 atom stereocenters. The van der Waals surface area contributed by atoms with Gasteiger partial charge in [-0.1, -0.05) is 11.8 Å². The number of hydrogen-bond acceptors (Lipinski definition) is 5. The van der Waals surface area contributed by atoms with E-state index in [1.54, 1.807) is 49.5 Å². The second-order valence-electron chi connectivity index (χ2n) is 4.35. The summed E-state index contributed by atoms with van der Waals surface area (Å²) in [4.78, 5) is 19.0. The molecule has 2 rings (SSSR count). The zero-order chi connectivity index (χ0) is 15.1. The molecule has 2 aromatic rings. The van der Waals surface area contributed by atoms with Gasteiger partial charge in [0.15, 0.2) is 5.16 Å². The third kappa shape index (κ3) is 4.71. The van der Waals surface area contributed by atoms with Crippen LogP contribution in [0, 0.1) is 0 Å². The number of ether oxygens (including phenoxy) is 1. The van der Waals surface area contributed by atoms with Gasteiger partial charge in [-0.05, 0) is 18.6 Å². The number of carbonyl (C=O) groups is 1. The first-order valence-corrected chi connectivity index (χ1v) is 7.53. The van der Waals surface area contributed by atoms with Crippen molar-refractivity contribution < 1.29 is 9.53 Å². The summed E-state index contributed by atoms with van der Waals surface area (Å²) in [5.41, 5.74) is 6.96. The van der Waals surface area contributed by atoms with Crippen molar-refractivity contribution in [2.24, 2.45) is 0 Å². The van der Waals surface area contributed by atoms with Crippen LogP contribution in [0.5, 0.6) is 5.75 Å². The number of benzene rings is 1. The largest absolute Gasteiger partial charge is 0.497 e. The molecule has 0 unspecified atom stereocenters. The molecule has 21 heavy (non-hydrogen) atoms. The number of aromatic nitrogens is 2. The van der Waals surface area contributed by atoms with E-state index in [0.717, 1.165) is 17.3 Å². The van der Waals surface area contributed by atoms with Crippen molar-refractivity contribution >= 4 is 29.0 Å². The van der Waals surface area contributed by atoms with Crippen molar-refractivity contribution in [3.63, 3.8) is 0 Å². The molecule has 1 aromatic carbocycles. The number of rotatable bonds is 7. The molecule has 4 N–H and O–H groups in total. The average molecular weight is 306 g/mol. The summed E-state index contributed by atoms with van der Waals surface area (Å²) in [7, 11) is 1.57. The fourth-order valence-electron chi connectivity index (χ4n) is 1.73. The molecule has 112 valence electrons. The SMILES string of the molecule is COc1ccc(NC(=O)CCCSc2ncc[nH]2)c(N)c1. The van der Waals surface area contributed by atoms with Crippen molar-refractivity contribution in [1.29, 1.82) is 0 Å². The Morgan fingerprint density at radius 2 is 2.38 bits per heavy atom. The third-order valence-corrected chi connectivity index (χ3v) is 3.78. The predicted molar refractivity (Wildman–Crippen MR) is 84.6 cm³/mol. The molecule has 1 aromatic heterocycles. The summed E-state index contributed by atoms with van der Waals surface area (Å²) in [6, 6.07) is 5.19. The Morgan fingerprint density at radius 3 is 3.05 bits per heavy atom. The number of nitrogen functional groups attached to an aromatic ring is 1. The van der Waals surface area contributed by atoms with Gasteiger partial charge in [0.2, 0.25) is 5.91 Å². The van der Waals surface area contributed by atoms with Gasteiger partial charge in [-0.25, -0.2) is 4.98 Å². The third-order valence-electron chi connectivity index (χ3n) is 2.79. The normalized spacial score (nSPS) is 10.3. The molecule has 0 aliphatic carbocycles. The maximum Gasteiger partial charge on any atom is 0.224 e. The fourth-order valence-corrected chi connectivity index (χ4v) is 2.49. The predicted octanol–water partition coefficient (Wildman–Crippen LogP) is 2.51. The smallest absolute Gasteiger partial charge is 0.224 e. The second kappa shape index (κ2) is 7.58. The van der Waals surface area contributed by atoms with Crippen molar-refractivity contribution in [3.8, 4) is 5.75 Å². The van der Waals surface area contributed by atoms with Crippen LogP contribution in [0.25, 0.3) is 0 Å². The van der Waals surface area contributed by atoms with Gasteiger partial charge in [0, 0.05) is 30.6 Å². The van der Waals surface area contributed by atoms with E-state index in [4.69, 9.17) is 10.5 Å². The van der Waals surface area contributed by atoms with Gasteiger partial charge < -0.3 is 20.8 Å². The number of anilines is 2. The quantitative estimate of drug-likeness (QED) is 0.415. The lowest BCUT2D eigenvalue weighted by Gasteiger charge is -2.09. The Kier molecular flexibility index (Phi) is 5.51. The van der Waals surface area contributed by atoms with Crippen LogP contribution in [0.1, 0.15) is 12.8 Å². The van der Waals surface area contributed by atoms with Gasteiger partial charge in [0.05, 0.1) is 18.5 Å². The highest BCUT2D eigenvalue weighted by molar-refractivity contribution is 7.99. The van der Waals surface area contributed by atoms with Crippen molar-refractivity contribution in [2.45, 2.75) is 18.0 Å². The number of H-pyrrole nitrogens is 1. The molecule has 0 saturated carbocycles. The van der Waals surface area contributed by atoms with E-state index in [1.165, 1.54) is 0 Å². The Balaban J connectivity index is 1.74. The minimum absolute atomic E-state index is 0.0492. The van der Waals surface area contributed by atoms with Crippen molar-refractivity contribution in [1.82, 2.24) is 9.97 Å². The van der Waals surface area contributed by atoms with Gasteiger partial charge in [0.25, 0.3) is 0 Å². The Bertz CT molecular complexity index is 587. The molecular weight excluding hydrogens is 288 g/mol. The summed E-state index contributed by atoms with van der Waals surface area (Å²) in [5.74, 6) is 1.45. The van der Waals surface area contributed by atoms with Gasteiger partial charge >= 0.3 is 0 Å². The number of imidazole rings is 1. The van der Waals surface area contributed by atoms with E-state index in [1.807, 2.05) is 0 Å². The molecule has 7 heteroatoms. The second-order valence-corrected chi connectivity index (χ2v) is 5.43.